The second kappa shape index (κ2) is 6.30. The van der Waals surface area contributed by atoms with Gasteiger partial charge in [-0.25, -0.2) is 0 Å². The molecule has 0 aliphatic carbocycles. The molecule has 0 unspecified atom stereocenters. The second-order valence-corrected chi connectivity index (χ2v) is 5.76. The van der Waals surface area contributed by atoms with Gasteiger partial charge in [-0.3, -0.25) is 4.90 Å². The standard InChI is InChI=1S/C18H20N4O/c1-2-6-15(7-3-1)22-12-10-21(11-13-22)14-19-18-20-16-8-4-5-9-17(16)23-18/h1-9H,10-14H2,(H,19,20). The Balaban J connectivity index is 1.31. The van der Waals surface area contributed by atoms with Crippen LogP contribution in [0.4, 0.5) is 11.7 Å². The van der Waals surface area contributed by atoms with Gasteiger partial charge in [0.15, 0.2) is 5.58 Å². The van der Waals surface area contributed by atoms with Crippen LogP contribution < -0.4 is 10.2 Å². The Hall–Kier alpha value is -2.53. The van der Waals surface area contributed by atoms with Gasteiger partial charge in [-0.2, -0.15) is 4.98 Å². The minimum Gasteiger partial charge on any atom is -0.424 e. The van der Waals surface area contributed by atoms with E-state index in [9.17, 15) is 0 Å². The van der Waals surface area contributed by atoms with E-state index in [0.717, 1.165) is 43.9 Å². The molecule has 0 spiro atoms. The van der Waals surface area contributed by atoms with Crippen LogP contribution in [0.2, 0.25) is 0 Å². The van der Waals surface area contributed by atoms with E-state index in [1.807, 2.05) is 24.3 Å². The van der Waals surface area contributed by atoms with Crippen molar-refractivity contribution < 1.29 is 4.42 Å². The molecule has 118 valence electrons. The van der Waals surface area contributed by atoms with Crippen LogP contribution in [0.1, 0.15) is 0 Å². The number of para-hydroxylation sites is 3. The van der Waals surface area contributed by atoms with Crippen LogP contribution in [-0.2, 0) is 0 Å². The van der Waals surface area contributed by atoms with Crippen LogP contribution in [0, 0.1) is 0 Å². The highest BCUT2D eigenvalue weighted by Crippen LogP contribution is 2.19. The first-order valence-corrected chi connectivity index (χ1v) is 8.00. The van der Waals surface area contributed by atoms with Crippen LogP contribution in [0.3, 0.4) is 0 Å². The van der Waals surface area contributed by atoms with Crippen molar-refractivity contribution in [2.75, 3.05) is 43.1 Å². The summed E-state index contributed by atoms with van der Waals surface area (Å²) in [4.78, 5) is 9.25. The fraction of sp³-hybridized carbons (Fsp3) is 0.278. The molecule has 2 heterocycles. The molecule has 0 radical (unpaired) electrons. The van der Waals surface area contributed by atoms with E-state index in [0.29, 0.717) is 6.01 Å². The molecule has 5 heteroatoms. The Morgan fingerprint density at radius 1 is 0.913 bits per heavy atom. The molecule has 3 aromatic rings. The number of nitrogens with one attached hydrogen (secondary N) is 1. The van der Waals surface area contributed by atoms with Gasteiger partial charge in [-0.1, -0.05) is 30.3 Å². The van der Waals surface area contributed by atoms with E-state index in [2.05, 4.69) is 50.4 Å². The maximum absolute atomic E-state index is 5.69. The number of benzene rings is 2. The fourth-order valence-corrected chi connectivity index (χ4v) is 2.93. The van der Waals surface area contributed by atoms with Crippen molar-refractivity contribution >= 4 is 22.8 Å². The van der Waals surface area contributed by atoms with Crippen molar-refractivity contribution in [1.29, 1.82) is 0 Å². The van der Waals surface area contributed by atoms with Crippen LogP contribution in [0.5, 0.6) is 0 Å². The Morgan fingerprint density at radius 2 is 1.65 bits per heavy atom. The fourth-order valence-electron chi connectivity index (χ4n) is 2.93. The lowest BCUT2D eigenvalue weighted by molar-refractivity contribution is 0.273. The molecule has 5 nitrogen and oxygen atoms in total. The predicted molar refractivity (Wildman–Crippen MR) is 92.7 cm³/mol. The molecule has 1 aromatic heterocycles. The topological polar surface area (TPSA) is 44.5 Å². The Bertz CT molecular complexity index is 730. The molecule has 4 rings (SSSR count). The second-order valence-electron chi connectivity index (χ2n) is 5.76. The molecule has 1 saturated heterocycles. The van der Waals surface area contributed by atoms with Crippen LogP contribution in [0.25, 0.3) is 11.1 Å². The Kier molecular flexibility index (Phi) is 3.86. The highest BCUT2D eigenvalue weighted by molar-refractivity contribution is 5.74. The molecule has 0 atom stereocenters. The first-order valence-electron chi connectivity index (χ1n) is 8.00. The van der Waals surface area contributed by atoms with Crippen LogP contribution in [-0.4, -0.2) is 42.7 Å². The summed E-state index contributed by atoms with van der Waals surface area (Å²) in [5, 5.41) is 3.29. The molecular formula is C18H20N4O. The molecule has 1 N–H and O–H groups in total. The Labute approximate surface area is 135 Å². The lowest BCUT2D eigenvalue weighted by atomic mass is 10.2. The molecule has 2 aromatic carbocycles. The number of hydrogen-bond donors (Lipinski definition) is 1. The zero-order valence-electron chi connectivity index (χ0n) is 13.0. The van der Waals surface area contributed by atoms with Gasteiger partial charge in [0.2, 0.25) is 0 Å². The van der Waals surface area contributed by atoms with Crippen LogP contribution in [0.15, 0.2) is 59.0 Å². The average Bonchev–Trinajstić information content (AvgIpc) is 3.04. The minimum atomic E-state index is 0.594. The highest BCUT2D eigenvalue weighted by atomic mass is 16.4. The number of hydrogen-bond acceptors (Lipinski definition) is 5. The van der Waals surface area contributed by atoms with Crippen molar-refractivity contribution in [3.8, 4) is 0 Å². The summed E-state index contributed by atoms with van der Waals surface area (Å²) >= 11 is 0. The SMILES string of the molecule is c1ccc(N2CCN(CNc3nc4ccccc4o3)CC2)cc1. The number of piperazine rings is 1. The van der Waals surface area contributed by atoms with Gasteiger partial charge < -0.3 is 14.6 Å². The van der Waals surface area contributed by atoms with Gasteiger partial charge in [0.05, 0.1) is 6.67 Å². The zero-order valence-corrected chi connectivity index (χ0v) is 13.0. The van der Waals surface area contributed by atoms with E-state index >= 15 is 0 Å². The first kappa shape index (κ1) is 14.1. The largest absolute Gasteiger partial charge is 0.424 e. The van der Waals surface area contributed by atoms with E-state index in [4.69, 9.17) is 4.42 Å². The third kappa shape index (κ3) is 3.14. The third-order valence-electron chi connectivity index (χ3n) is 4.24. The zero-order chi connectivity index (χ0) is 15.5. The summed E-state index contributed by atoms with van der Waals surface area (Å²) in [7, 11) is 0. The van der Waals surface area contributed by atoms with Gasteiger partial charge in [0.1, 0.15) is 5.52 Å². The number of nitrogens with zero attached hydrogens (tertiary/aromatic N) is 3. The van der Waals surface area contributed by atoms with E-state index in [1.54, 1.807) is 0 Å². The van der Waals surface area contributed by atoms with E-state index in [1.165, 1.54) is 5.69 Å². The summed E-state index contributed by atoms with van der Waals surface area (Å²) in [5.41, 5.74) is 3.02. The third-order valence-corrected chi connectivity index (χ3v) is 4.24. The molecule has 1 aliphatic rings. The van der Waals surface area contributed by atoms with Gasteiger partial charge in [-0.05, 0) is 24.3 Å². The van der Waals surface area contributed by atoms with Gasteiger partial charge in [0, 0.05) is 31.9 Å². The number of fused-ring (bicyclic) bond motifs is 1. The summed E-state index contributed by atoms with van der Waals surface area (Å²) in [6, 6.07) is 19.0. The van der Waals surface area contributed by atoms with Crippen LogP contribution >= 0.6 is 0 Å². The van der Waals surface area contributed by atoms with Crippen molar-refractivity contribution in [1.82, 2.24) is 9.88 Å². The monoisotopic (exact) mass is 308 g/mol. The van der Waals surface area contributed by atoms with Crippen molar-refractivity contribution in [3.63, 3.8) is 0 Å². The molecular weight excluding hydrogens is 288 g/mol. The Morgan fingerprint density at radius 3 is 2.43 bits per heavy atom. The molecule has 0 saturated carbocycles. The maximum atomic E-state index is 5.69. The quantitative estimate of drug-likeness (QED) is 0.802. The molecule has 0 amide bonds. The molecule has 0 bridgehead atoms. The number of aromatic nitrogens is 1. The average molecular weight is 308 g/mol. The normalized spacial score (nSPS) is 15.9. The summed E-state index contributed by atoms with van der Waals surface area (Å²) in [6.07, 6.45) is 0. The maximum Gasteiger partial charge on any atom is 0.296 e. The van der Waals surface area contributed by atoms with Crippen molar-refractivity contribution in [2.45, 2.75) is 0 Å². The van der Waals surface area contributed by atoms with Crippen molar-refractivity contribution in [2.24, 2.45) is 0 Å². The highest BCUT2D eigenvalue weighted by Gasteiger charge is 2.17. The van der Waals surface area contributed by atoms with E-state index < -0.39 is 0 Å². The van der Waals surface area contributed by atoms with Gasteiger partial charge in [-0.15, -0.1) is 0 Å². The lowest BCUT2D eigenvalue weighted by Gasteiger charge is -2.35. The number of rotatable bonds is 4. The van der Waals surface area contributed by atoms with Crippen molar-refractivity contribution in [3.05, 3.63) is 54.6 Å². The lowest BCUT2D eigenvalue weighted by Crippen LogP contribution is -2.47. The first-order chi connectivity index (χ1) is 11.4. The molecule has 23 heavy (non-hydrogen) atoms. The molecule has 1 fully saturated rings. The smallest absolute Gasteiger partial charge is 0.296 e. The molecule has 1 aliphatic heterocycles. The summed E-state index contributed by atoms with van der Waals surface area (Å²) in [5.74, 6) is 0. The van der Waals surface area contributed by atoms with Gasteiger partial charge in [0.25, 0.3) is 6.01 Å². The number of anilines is 2. The van der Waals surface area contributed by atoms with E-state index in [-0.39, 0.29) is 0 Å². The minimum absolute atomic E-state index is 0.594. The summed E-state index contributed by atoms with van der Waals surface area (Å²) in [6.45, 7) is 4.90. The van der Waals surface area contributed by atoms with Gasteiger partial charge >= 0.3 is 0 Å². The predicted octanol–water partition coefficient (Wildman–Crippen LogP) is 3.02. The summed E-state index contributed by atoms with van der Waals surface area (Å²) < 4.78 is 5.69. The number of oxazole rings is 1.